The first-order chi connectivity index (χ1) is 16.3. The van der Waals surface area contributed by atoms with Crippen LogP contribution in [-0.4, -0.2) is 78.4 Å². The topological polar surface area (TPSA) is 94.7 Å². The van der Waals surface area contributed by atoms with Gasteiger partial charge in [-0.3, -0.25) is 9.59 Å². The Kier molecular flexibility index (Phi) is 9.56. The van der Waals surface area contributed by atoms with Crippen molar-refractivity contribution in [3.05, 3.63) is 22.5 Å². The summed E-state index contributed by atoms with van der Waals surface area (Å²) in [5.41, 5.74) is 2.20. The van der Waals surface area contributed by atoms with Gasteiger partial charge in [0.2, 0.25) is 5.91 Å². The minimum Gasteiger partial charge on any atom is -0.462 e. The van der Waals surface area contributed by atoms with Crippen LogP contribution in [0.25, 0.3) is 0 Å². The fourth-order valence-corrected chi connectivity index (χ4v) is 5.31. The maximum atomic E-state index is 13.2. The lowest BCUT2D eigenvalue weighted by molar-refractivity contribution is -0.126. The van der Waals surface area contributed by atoms with Crippen molar-refractivity contribution in [3.63, 3.8) is 0 Å². The first-order valence-electron chi connectivity index (χ1n) is 13.0. The average molecular weight is 475 g/mol. The molecule has 0 unspecified atom stereocenters. The van der Waals surface area contributed by atoms with Crippen molar-refractivity contribution in [2.45, 2.75) is 66.2 Å². The number of likely N-dealkylation sites (tertiary alicyclic amines) is 2. The third-order valence-electron chi connectivity index (χ3n) is 7.50. The molecule has 8 nitrogen and oxygen atoms in total. The zero-order valence-corrected chi connectivity index (χ0v) is 21.4. The van der Waals surface area contributed by atoms with Crippen LogP contribution in [0.4, 0.5) is 0 Å². The summed E-state index contributed by atoms with van der Waals surface area (Å²) < 4.78 is 5.13. The Morgan fingerprint density at radius 2 is 1.71 bits per heavy atom. The van der Waals surface area contributed by atoms with E-state index >= 15 is 0 Å². The number of hydrogen-bond donors (Lipinski definition) is 2. The standard InChI is InChI=1S/C26H42N4O4/c1-5-34-26(33)22-19(3)23(28-20(22)4)25(32)30-15-10-21(11-16-30)18(2)24(31)27-12-17-29-13-8-6-7-9-14-29/h18,21,28H,5-17H2,1-4H3,(H,27,31)/t18-/m0/s1. The number of piperidine rings is 1. The van der Waals surface area contributed by atoms with E-state index in [9.17, 15) is 14.4 Å². The van der Waals surface area contributed by atoms with Gasteiger partial charge in [-0.1, -0.05) is 19.8 Å². The quantitative estimate of drug-likeness (QED) is 0.564. The van der Waals surface area contributed by atoms with E-state index in [1.165, 1.54) is 25.7 Å². The molecule has 0 bridgehead atoms. The summed E-state index contributed by atoms with van der Waals surface area (Å²) in [4.78, 5) is 45.5. The van der Waals surface area contributed by atoms with Crippen LogP contribution in [-0.2, 0) is 9.53 Å². The molecule has 1 aromatic heterocycles. The third kappa shape index (κ3) is 6.40. The summed E-state index contributed by atoms with van der Waals surface area (Å²) in [5, 5.41) is 3.13. The van der Waals surface area contributed by atoms with Crippen LogP contribution in [0.2, 0.25) is 0 Å². The number of aromatic amines is 1. The highest BCUT2D eigenvalue weighted by atomic mass is 16.5. The van der Waals surface area contributed by atoms with Crippen molar-refractivity contribution in [2.75, 3.05) is 45.9 Å². The van der Waals surface area contributed by atoms with Crippen molar-refractivity contribution >= 4 is 17.8 Å². The number of hydrogen-bond acceptors (Lipinski definition) is 5. The lowest BCUT2D eigenvalue weighted by Gasteiger charge is -2.34. The molecule has 1 aromatic rings. The number of rotatable bonds is 8. The number of ether oxygens (including phenoxy) is 1. The molecule has 3 heterocycles. The molecule has 2 aliphatic rings. The number of aromatic nitrogens is 1. The minimum absolute atomic E-state index is 0.0636. The van der Waals surface area contributed by atoms with Gasteiger partial charge in [0.25, 0.3) is 5.91 Å². The maximum Gasteiger partial charge on any atom is 0.340 e. The molecule has 0 saturated carbocycles. The molecule has 2 saturated heterocycles. The number of carbonyl (C=O) groups excluding carboxylic acids is 3. The van der Waals surface area contributed by atoms with Crippen LogP contribution in [0.5, 0.6) is 0 Å². The maximum absolute atomic E-state index is 13.2. The van der Waals surface area contributed by atoms with Crippen LogP contribution in [0.1, 0.15) is 84.5 Å². The van der Waals surface area contributed by atoms with E-state index in [-0.39, 0.29) is 23.7 Å². The van der Waals surface area contributed by atoms with E-state index in [4.69, 9.17) is 4.74 Å². The molecule has 0 aromatic carbocycles. The van der Waals surface area contributed by atoms with E-state index in [1.807, 2.05) is 11.8 Å². The SMILES string of the molecule is CCOC(=O)c1c(C)[nH]c(C(=O)N2CCC([C@H](C)C(=O)NCCN3CCCCCC3)CC2)c1C. The molecule has 2 fully saturated rings. The van der Waals surface area contributed by atoms with Crippen molar-refractivity contribution < 1.29 is 19.1 Å². The summed E-state index contributed by atoms with van der Waals surface area (Å²) in [7, 11) is 0. The summed E-state index contributed by atoms with van der Waals surface area (Å²) in [6, 6.07) is 0. The Labute approximate surface area is 203 Å². The van der Waals surface area contributed by atoms with Gasteiger partial charge in [0.15, 0.2) is 0 Å². The van der Waals surface area contributed by atoms with Gasteiger partial charge < -0.3 is 24.8 Å². The van der Waals surface area contributed by atoms with E-state index in [0.29, 0.717) is 48.8 Å². The van der Waals surface area contributed by atoms with E-state index in [1.54, 1.807) is 20.8 Å². The molecule has 34 heavy (non-hydrogen) atoms. The number of nitrogens with one attached hydrogen (secondary N) is 2. The van der Waals surface area contributed by atoms with Gasteiger partial charge in [-0.2, -0.15) is 0 Å². The Hall–Kier alpha value is -2.35. The Bertz CT molecular complexity index is 849. The second kappa shape index (κ2) is 12.4. The van der Waals surface area contributed by atoms with E-state index < -0.39 is 5.97 Å². The highest BCUT2D eigenvalue weighted by Gasteiger charge is 2.32. The monoisotopic (exact) mass is 474 g/mol. The van der Waals surface area contributed by atoms with E-state index in [2.05, 4.69) is 15.2 Å². The van der Waals surface area contributed by atoms with Crippen LogP contribution in [0, 0.1) is 25.7 Å². The number of amides is 2. The number of carbonyl (C=O) groups is 3. The van der Waals surface area contributed by atoms with Gasteiger partial charge in [-0.05, 0) is 71.0 Å². The van der Waals surface area contributed by atoms with Crippen molar-refractivity contribution in [3.8, 4) is 0 Å². The van der Waals surface area contributed by atoms with Crippen LogP contribution < -0.4 is 5.32 Å². The summed E-state index contributed by atoms with van der Waals surface area (Å²) in [6.45, 7) is 12.8. The predicted molar refractivity (Wildman–Crippen MR) is 132 cm³/mol. The third-order valence-corrected chi connectivity index (χ3v) is 7.50. The van der Waals surface area contributed by atoms with E-state index in [0.717, 1.165) is 32.5 Å². The van der Waals surface area contributed by atoms with Crippen LogP contribution in [0.3, 0.4) is 0 Å². The normalized spacial score (nSPS) is 18.9. The molecular formula is C26H42N4O4. The fourth-order valence-electron chi connectivity index (χ4n) is 5.31. The molecule has 3 rings (SSSR count). The van der Waals surface area contributed by atoms with Gasteiger partial charge in [0.05, 0.1) is 12.2 Å². The zero-order chi connectivity index (χ0) is 24.7. The second-order valence-electron chi connectivity index (χ2n) is 9.81. The Balaban J connectivity index is 1.47. The van der Waals surface area contributed by atoms with Crippen molar-refractivity contribution in [2.24, 2.45) is 11.8 Å². The lowest BCUT2D eigenvalue weighted by Crippen LogP contribution is -2.44. The van der Waals surface area contributed by atoms with Crippen LogP contribution in [0.15, 0.2) is 0 Å². The summed E-state index contributed by atoms with van der Waals surface area (Å²) >= 11 is 0. The number of esters is 1. The highest BCUT2D eigenvalue weighted by Crippen LogP contribution is 2.27. The summed E-state index contributed by atoms with van der Waals surface area (Å²) in [5.74, 6) is -0.170. The fraction of sp³-hybridized carbons (Fsp3) is 0.731. The molecule has 2 aliphatic heterocycles. The Morgan fingerprint density at radius 3 is 2.32 bits per heavy atom. The first-order valence-corrected chi connectivity index (χ1v) is 13.0. The molecule has 1 atom stereocenters. The van der Waals surface area contributed by atoms with Gasteiger partial charge in [-0.15, -0.1) is 0 Å². The Morgan fingerprint density at radius 1 is 1.06 bits per heavy atom. The molecule has 0 spiro atoms. The lowest BCUT2D eigenvalue weighted by atomic mass is 9.84. The molecule has 190 valence electrons. The van der Waals surface area contributed by atoms with Crippen molar-refractivity contribution in [1.82, 2.24) is 20.1 Å². The van der Waals surface area contributed by atoms with Gasteiger partial charge in [-0.25, -0.2) is 4.79 Å². The molecule has 2 amide bonds. The summed E-state index contributed by atoms with van der Waals surface area (Å²) in [6.07, 6.45) is 6.75. The highest BCUT2D eigenvalue weighted by molar-refractivity contribution is 6.00. The largest absolute Gasteiger partial charge is 0.462 e. The zero-order valence-electron chi connectivity index (χ0n) is 21.4. The molecule has 0 aliphatic carbocycles. The van der Waals surface area contributed by atoms with Gasteiger partial charge in [0, 0.05) is 37.8 Å². The van der Waals surface area contributed by atoms with Gasteiger partial charge in [0.1, 0.15) is 5.69 Å². The van der Waals surface area contributed by atoms with Crippen molar-refractivity contribution in [1.29, 1.82) is 0 Å². The smallest absolute Gasteiger partial charge is 0.340 e. The molecule has 0 radical (unpaired) electrons. The number of H-pyrrole nitrogens is 1. The number of aryl methyl sites for hydroxylation is 1. The first kappa shape index (κ1) is 26.3. The molecule has 8 heteroatoms. The number of nitrogens with zero attached hydrogens (tertiary/aromatic N) is 2. The average Bonchev–Trinajstić information content (AvgIpc) is 2.97. The van der Waals surface area contributed by atoms with Gasteiger partial charge >= 0.3 is 5.97 Å². The molecular weight excluding hydrogens is 432 g/mol. The minimum atomic E-state index is -0.401. The van der Waals surface area contributed by atoms with Crippen LogP contribution >= 0.6 is 0 Å². The molecule has 2 N–H and O–H groups in total. The second-order valence-corrected chi connectivity index (χ2v) is 9.81. The predicted octanol–water partition coefficient (Wildman–Crippen LogP) is 3.29.